The second kappa shape index (κ2) is 44.1. The number of esters is 1. The lowest BCUT2D eigenvalue weighted by Crippen LogP contribution is -2.61. The Kier molecular flexibility index (Phi) is 32.0. The van der Waals surface area contributed by atoms with Crippen LogP contribution in [-0.2, 0) is 94.4 Å². The summed E-state index contributed by atoms with van der Waals surface area (Å²) < 4.78 is 44.3. The highest BCUT2D eigenvalue weighted by molar-refractivity contribution is 6.39. The Morgan fingerprint density at radius 2 is 1.48 bits per heavy atom. The molecule has 13 heterocycles. The van der Waals surface area contributed by atoms with Crippen molar-refractivity contribution < 1.29 is 81.7 Å². The van der Waals surface area contributed by atoms with Gasteiger partial charge in [0, 0.05) is 197 Å². The number of nitrogens with two attached hydrogens (primary N) is 2. The number of methoxy groups -OCH3 is 3. The van der Waals surface area contributed by atoms with Crippen molar-refractivity contribution in [2.75, 3.05) is 129 Å². The van der Waals surface area contributed by atoms with Crippen LogP contribution < -0.4 is 21.3 Å². The summed E-state index contributed by atoms with van der Waals surface area (Å²) in [5.41, 5.74) is 23.0. The first kappa shape index (κ1) is 97.3. The molecule has 1 aliphatic carbocycles. The summed E-state index contributed by atoms with van der Waals surface area (Å²) in [6.07, 6.45) is 19.7. The molecule has 4 amide bonds. The van der Waals surface area contributed by atoms with Crippen molar-refractivity contribution in [3.05, 3.63) is 149 Å². The number of rotatable bonds is 19. The number of fused-ring (bicyclic) bond motifs is 7. The number of allylic oxidation sites excluding steroid dienone is 6. The molecule has 36 heteroatoms. The monoisotopic (exact) mass is 1840 g/mol. The van der Waals surface area contributed by atoms with E-state index in [0.717, 1.165) is 62.5 Å². The minimum atomic E-state index is -2.51. The van der Waals surface area contributed by atoms with Gasteiger partial charge in [-0.15, -0.1) is 0 Å². The number of hydrogen-bond acceptors (Lipinski definition) is 30. The van der Waals surface area contributed by atoms with Crippen molar-refractivity contribution in [3.63, 3.8) is 0 Å². The van der Waals surface area contributed by atoms with E-state index in [2.05, 4.69) is 62.8 Å². The summed E-state index contributed by atoms with van der Waals surface area (Å²) in [7, 11) is 4.47. The van der Waals surface area contributed by atoms with Crippen LogP contribution in [-0.4, -0.2) is 305 Å². The zero-order chi connectivity index (χ0) is 94.6. The number of amides is 4. The Morgan fingerprint density at radius 3 is 2.25 bits per heavy atom. The van der Waals surface area contributed by atoms with E-state index in [1.54, 1.807) is 77.7 Å². The van der Waals surface area contributed by atoms with Crippen LogP contribution in [0.25, 0.3) is 33.3 Å². The van der Waals surface area contributed by atoms with Crippen LogP contribution in [0.3, 0.4) is 0 Å². The predicted octanol–water partition coefficient (Wildman–Crippen LogP) is 8.04. The molecule has 134 heavy (non-hydrogen) atoms. The number of ether oxygens (including phenoxy) is 7. The molecular formula is C98H129N19O17. The molecule has 0 radical (unpaired) electrons. The first-order valence-electron chi connectivity index (χ1n) is 47.4. The number of carbonyl (C=O) groups is 8. The summed E-state index contributed by atoms with van der Waals surface area (Å²) in [5.74, 6) is -7.34. The van der Waals surface area contributed by atoms with Gasteiger partial charge in [-0.3, -0.25) is 33.7 Å². The number of piperazine rings is 2. The Balaban J connectivity index is 0.485. The number of nitrogens with one attached hydrogen (secondary N) is 1. The first-order valence-corrected chi connectivity index (χ1v) is 47.4. The number of carbonyl (C=O) groups excluding carboxylic acids is 8. The van der Waals surface area contributed by atoms with Crippen molar-refractivity contribution in [2.45, 2.75) is 218 Å². The van der Waals surface area contributed by atoms with E-state index in [9.17, 15) is 48.6 Å². The van der Waals surface area contributed by atoms with E-state index >= 15 is 0 Å². The fourth-order valence-electron chi connectivity index (χ4n) is 20.0. The van der Waals surface area contributed by atoms with E-state index in [1.807, 2.05) is 77.0 Å². The van der Waals surface area contributed by atoms with Crippen LogP contribution in [0.2, 0.25) is 0 Å². The average Bonchev–Trinajstić information content (AvgIpc) is 1.59. The third-order valence-corrected chi connectivity index (χ3v) is 28.2. The lowest BCUT2D eigenvalue weighted by molar-refractivity contribution is -0.265. The lowest BCUT2D eigenvalue weighted by Gasteiger charge is -2.42. The molecular weight excluding hydrogens is 1720 g/mol. The number of benzene rings is 1. The van der Waals surface area contributed by atoms with Gasteiger partial charge in [0.2, 0.25) is 23.6 Å². The van der Waals surface area contributed by atoms with Crippen LogP contribution in [0.4, 0.5) is 22.5 Å². The number of aliphatic hydroxyl groups excluding tert-OH is 1. The Morgan fingerprint density at radius 1 is 0.716 bits per heavy atom. The quantitative estimate of drug-likeness (QED) is 0.0221. The van der Waals surface area contributed by atoms with E-state index in [-0.39, 0.29) is 74.6 Å². The number of piperidine rings is 1. The maximum Gasteiger partial charge on any atom is 0.410 e. The highest BCUT2D eigenvalue weighted by Crippen LogP contribution is 2.40. The third kappa shape index (κ3) is 22.8. The van der Waals surface area contributed by atoms with Gasteiger partial charge in [-0.25, -0.2) is 49.2 Å². The smallest absolute Gasteiger partial charge is 0.410 e. The molecule has 7 aliphatic heterocycles. The van der Waals surface area contributed by atoms with E-state index in [1.165, 1.54) is 19.0 Å². The van der Waals surface area contributed by atoms with Crippen LogP contribution in [0.5, 0.6) is 0 Å². The number of nitrogens with zero attached hydrogens (tertiary/aromatic N) is 16. The van der Waals surface area contributed by atoms with Gasteiger partial charge in [-0.1, -0.05) is 82.4 Å². The normalized spacial score (nSPS) is 28.2. The van der Waals surface area contributed by atoms with Crippen molar-refractivity contribution >= 4 is 86.9 Å². The summed E-state index contributed by atoms with van der Waals surface area (Å²) in [4.78, 5) is 163. The zero-order valence-corrected chi connectivity index (χ0v) is 78.4. The standard InChI is InChI=1S/C98H129N19O17/c1-59-15-11-10-12-16-60(2)79(128-7)49-73-22-18-64(6)98(127,134-73)88(122)93(124)116-29-14-13-17-76(116)94(125)132-80(50-77(118)61(3)44-63(5)86(121)87(130-9)85(120)62(4)43-59)74(99)46-65-20-23-78(81(47-65)129-8)133-97(126)115-31-26-75-72(57-115)54-105-96(108-75)113-38-36-111(37-39-113)82(119)27-41-131-42-40-110-32-34-112(35-33-110)95-103-52-71(53-104-95)92(123)114-30-25-67-45-66(19-21-69(67)56-114)55-117-91-83(89(100)106-58-107-91)84(109-117)70-48-68-24-28-101-90(68)102-51-70/h10-12,15-16,19,21,24,28,44-45,48,51-54,58-59,61-62,64-65,73-74,76,78-81,86-87,121,127H,13-14,17-18,20,22-23,25-27,29-43,46-47,49-50,55-57,99H2,1-9H3,(H,101,102)(H2,100,106,107)/b12-10+,15-11+,60-16+,63-44+/t59-,61-,62-,64-,65+,73+,74-,76+,78-,79+,80+,81-,86-,87+,98-/m1/s1. The molecule has 8 aliphatic rings. The van der Waals surface area contributed by atoms with Gasteiger partial charge in [0.05, 0.1) is 67.7 Å². The SMILES string of the molecule is CO[C@H]1C[C@@H]2CC[C@@H](C)[C@@](O)(O2)C(=O)C(=O)N2CCCC[C@H]2C(=O)O[C@H]([C@H](N)C[C@@H]2CC[C@@H](OC(=O)N3CCc4nc(N5CCN(C(=O)CCOCCN6CCN(c7ncc(C(=O)N8CCc9cc(Cn%10nc(-c%11cnc%12[nH]ccc%12c%11)c%11c(N)ncnc%11%10)ccc9C8)cn7)CC6)CC5)ncc4C3)[C@H](OC)C2)CC(=O)[C@H](C)/C=C(\C)[C@@H](O)[C@@H](OC)C(=O)[C@H](C)C[C@H](C)/C=C/C=C/C=C/1C. The maximum absolute atomic E-state index is 14.8. The molecule has 1 saturated carbocycles. The highest BCUT2D eigenvalue weighted by atomic mass is 16.6. The fraction of sp³-hybridized carbons (Fsp3) is 0.571. The van der Waals surface area contributed by atoms with Crippen LogP contribution in [0, 0.1) is 29.6 Å². The van der Waals surface area contributed by atoms with Gasteiger partial charge < -0.3 is 89.2 Å². The minimum absolute atomic E-state index is 0.00523. The number of nitrogen functional groups attached to an aromatic ring is 1. The summed E-state index contributed by atoms with van der Waals surface area (Å²) in [6, 6.07) is 8.09. The number of Topliss-reactive ketones (excluding diaryl/α,β-unsaturated/α-hetero) is 3. The van der Waals surface area contributed by atoms with Gasteiger partial charge in [-0.2, -0.15) is 5.10 Å². The number of cyclic esters (lactones) is 1. The predicted molar refractivity (Wildman–Crippen MR) is 498 cm³/mol. The molecule has 15 rings (SSSR count). The number of hydrogen-bond donors (Lipinski definition) is 5. The van der Waals surface area contributed by atoms with Crippen molar-refractivity contribution in [1.29, 1.82) is 0 Å². The van der Waals surface area contributed by atoms with Gasteiger partial charge in [0.15, 0.2) is 11.4 Å². The second-order valence-electron chi connectivity index (χ2n) is 37.5. The second-order valence-corrected chi connectivity index (χ2v) is 37.5. The summed E-state index contributed by atoms with van der Waals surface area (Å²) >= 11 is 0. The highest BCUT2D eigenvalue weighted by Gasteiger charge is 2.54. The molecule has 4 saturated heterocycles. The Labute approximate surface area is 781 Å². The number of pyridine rings is 1. The number of H-pyrrole nitrogens is 1. The topological polar surface area (TPSA) is 440 Å². The fourth-order valence-corrected chi connectivity index (χ4v) is 20.0. The van der Waals surface area contributed by atoms with Crippen LogP contribution >= 0.6 is 0 Å². The van der Waals surface area contributed by atoms with Crippen molar-refractivity contribution in [2.24, 2.45) is 35.3 Å². The summed E-state index contributed by atoms with van der Waals surface area (Å²) in [5, 5.41) is 30.5. The molecule has 6 aromatic heterocycles. The maximum atomic E-state index is 14.8. The number of aromatic nitrogens is 10. The molecule has 0 unspecified atom stereocenters. The third-order valence-electron chi connectivity index (χ3n) is 28.2. The lowest BCUT2D eigenvalue weighted by atomic mass is 9.80. The van der Waals surface area contributed by atoms with Gasteiger partial charge in [0.1, 0.15) is 59.7 Å². The number of anilines is 3. The zero-order valence-electron chi connectivity index (χ0n) is 78.4. The largest absolute Gasteiger partial charge is 0.459 e. The Bertz CT molecular complexity index is 5490. The molecule has 718 valence electrons. The molecule has 7 N–H and O–H groups in total. The Hall–Kier alpha value is -11.2. The average molecular weight is 1850 g/mol. The van der Waals surface area contributed by atoms with Gasteiger partial charge >= 0.3 is 12.1 Å². The summed E-state index contributed by atoms with van der Waals surface area (Å²) in [6.45, 7) is 19.2. The molecule has 7 aromatic rings. The van der Waals surface area contributed by atoms with E-state index in [4.69, 9.17) is 59.7 Å². The van der Waals surface area contributed by atoms with Crippen molar-refractivity contribution in [3.8, 4) is 11.3 Å². The molecule has 0 spiro atoms. The van der Waals surface area contributed by atoms with Gasteiger partial charge in [-0.05, 0) is 136 Å². The van der Waals surface area contributed by atoms with Crippen LogP contribution in [0.15, 0.2) is 115 Å². The van der Waals surface area contributed by atoms with Crippen molar-refractivity contribution in [1.82, 2.24) is 74.2 Å². The van der Waals surface area contributed by atoms with Gasteiger partial charge in [0.25, 0.3) is 17.6 Å². The molecule has 1 aromatic carbocycles. The molecule has 5 fully saturated rings. The number of ketones is 3. The van der Waals surface area contributed by atoms with E-state index in [0.29, 0.717) is 195 Å². The molecule has 15 atom stereocenters. The number of aliphatic hydroxyl groups is 2. The van der Waals surface area contributed by atoms with Crippen LogP contribution in [0.1, 0.15) is 163 Å². The first-order chi connectivity index (χ1) is 64.6. The van der Waals surface area contributed by atoms with E-state index < -0.39 is 108 Å². The molecule has 36 nitrogen and oxygen atoms in total. The minimum Gasteiger partial charge on any atom is -0.459 e. The molecule has 2 bridgehead atoms. The number of aromatic amines is 1.